The normalized spacial score (nSPS) is 12.0. The van der Waals surface area contributed by atoms with E-state index < -0.39 is 0 Å². The molecule has 27 heavy (non-hydrogen) atoms. The molecular weight excluding hydrogens is 364 g/mol. The Morgan fingerprint density at radius 2 is 2.00 bits per heavy atom. The van der Waals surface area contributed by atoms with Crippen molar-refractivity contribution < 1.29 is 9.84 Å². The molecular formula is C18H30N6O2S. The van der Waals surface area contributed by atoms with Crippen LogP contribution in [-0.2, 0) is 0 Å². The number of hydrogen-bond donors (Lipinski definition) is 4. The topological polar surface area (TPSA) is 122 Å². The van der Waals surface area contributed by atoms with E-state index >= 15 is 0 Å². The zero-order valence-corrected chi connectivity index (χ0v) is 17.0. The third-order valence-corrected chi connectivity index (χ3v) is 3.01. The molecule has 1 heterocycles. The molecule has 1 rings (SSSR count). The number of aromatic nitrogens is 2. The minimum Gasteiger partial charge on any atom is -0.411 e. The second-order valence-electron chi connectivity index (χ2n) is 5.93. The standard InChI is InChI=1S/C14H20N6O2S.C4H10/c1-3-5-7-11(6-4-2)10-12(18-21)13-14(20-22-19-13)16-8-9-17-23-15;1-4(2)3/h3-7,17,21H,1-2,8-10,15H2,(H,16,20);4H,1-3H3/b7-5-,11-6+,18-12+;. The van der Waals surface area contributed by atoms with Crippen LogP contribution in [0.5, 0.6) is 0 Å². The van der Waals surface area contributed by atoms with E-state index in [-0.39, 0.29) is 0 Å². The summed E-state index contributed by atoms with van der Waals surface area (Å²) in [5.74, 6) is 1.23. The van der Waals surface area contributed by atoms with Crippen molar-refractivity contribution in [1.29, 1.82) is 0 Å². The van der Waals surface area contributed by atoms with E-state index in [1.165, 1.54) is 0 Å². The van der Waals surface area contributed by atoms with E-state index in [1.54, 1.807) is 24.3 Å². The van der Waals surface area contributed by atoms with Crippen molar-refractivity contribution in [2.45, 2.75) is 27.2 Å². The van der Waals surface area contributed by atoms with Crippen molar-refractivity contribution >= 4 is 23.7 Å². The van der Waals surface area contributed by atoms with Gasteiger partial charge >= 0.3 is 0 Å². The van der Waals surface area contributed by atoms with E-state index in [9.17, 15) is 5.21 Å². The summed E-state index contributed by atoms with van der Waals surface area (Å²) in [5, 5.41) is 28.5. The number of hydrogen-bond acceptors (Lipinski definition) is 9. The Bertz CT molecular complexity index is 635. The van der Waals surface area contributed by atoms with Gasteiger partial charge in [-0.2, -0.15) is 0 Å². The fourth-order valence-corrected chi connectivity index (χ4v) is 1.88. The molecule has 0 radical (unpaired) electrons. The molecule has 0 spiro atoms. The van der Waals surface area contributed by atoms with Crippen molar-refractivity contribution in [1.82, 2.24) is 15.0 Å². The van der Waals surface area contributed by atoms with Crippen LogP contribution in [0.3, 0.4) is 0 Å². The Kier molecular flexibility index (Phi) is 14.5. The summed E-state index contributed by atoms with van der Waals surface area (Å²) in [6, 6.07) is 0. The van der Waals surface area contributed by atoms with Gasteiger partial charge in [0, 0.05) is 31.6 Å². The van der Waals surface area contributed by atoms with Gasteiger partial charge in [0.25, 0.3) is 0 Å². The molecule has 0 amide bonds. The lowest BCUT2D eigenvalue weighted by Crippen LogP contribution is -2.19. The van der Waals surface area contributed by atoms with Crippen LogP contribution in [0.15, 0.2) is 58.9 Å². The van der Waals surface area contributed by atoms with E-state index in [0.717, 1.165) is 23.6 Å². The molecule has 0 aliphatic carbocycles. The second kappa shape index (κ2) is 15.9. The van der Waals surface area contributed by atoms with Gasteiger partial charge in [-0.25, -0.2) is 9.35 Å². The predicted octanol–water partition coefficient (Wildman–Crippen LogP) is 3.68. The van der Waals surface area contributed by atoms with Crippen molar-refractivity contribution in [3.8, 4) is 0 Å². The first-order chi connectivity index (χ1) is 13.0. The molecule has 0 saturated carbocycles. The van der Waals surface area contributed by atoms with E-state index in [1.807, 2.05) is 6.08 Å². The lowest BCUT2D eigenvalue weighted by Gasteiger charge is -2.06. The molecule has 150 valence electrons. The number of anilines is 1. The Morgan fingerprint density at radius 3 is 2.56 bits per heavy atom. The first kappa shape index (κ1) is 24.6. The van der Waals surface area contributed by atoms with Gasteiger partial charge in [0.2, 0.25) is 0 Å². The highest BCUT2D eigenvalue weighted by Crippen LogP contribution is 2.16. The highest BCUT2D eigenvalue weighted by atomic mass is 32.2. The van der Waals surface area contributed by atoms with Crippen molar-refractivity contribution in [2.75, 3.05) is 18.4 Å². The molecule has 0 aliphatic rings. The molecule has 9 heteroatoms. The SMILES string of the molecule is C=C/C=C\C(=C/C=C)C/C(=N\O)c1nonc1NCCNSN.CC(C)C. The van der Waals surface area contributed by atoms with Crippen LogP contribution in [0.1, 0.15) is 32.9 Å². The van der Waals surface area contributed by atoms with Crippen molar-refractivity contribution in [3.63, 3.8) is 0 Å². The molecule has 0 aromatic carbocycles. The molecule has 5 N–H and O–H groups in total. The molecule has 0 aliphatic heterocycles. The molecule has 1 aromatic heterocycles. The van der Waals surface area contributed by atoms with Crippen LogP contribution in [0.2, 0.25) is 0 Å². The first-order valence-electron chi connectivity index (χ1n) is 8.47. The number of rotatable bonds is 11. The fourth-order valence-electron chi connectivity index (χ4n) is 1.66. The lowest BCUT2D eigenvalue weighted by molar-refractivity contribution is 0.304. The van der Waals surface area contributed by atoms with E-state index in [2.05, 4.69) is 59.4 Å². The minimum atomic E-state index is 0.316. The summed E-state index contributed by atoms with van der Waals surface area (Å²) in [5.41, 5.74) is 1.52. The fraction of sp³-hybridized carbons (Fsp3) is 0.389. The van der Waals surface area contributed by atoms with E-state index in [4.69, 9.17) is 9.77 Å². The van der Waals surface area contributed by atoms with Crippen LogP contribution >= 0.6 is 12.1 Å². The Balaban J connectivity index is 0.00000153. The molecule has 0 saturated heterocycles. The quantitative estimate of drug-likeness (QED) is 0.112. The van der Waals surface area contributed by atoms with Gasteiger partial charge < -0.3 is 10.5 Å². The lowest BCUT2D eigenvalue weighted by atomic mass is 10.1. The Labute approximate surface area is 165 Å². The Hall–Kier alpha value is -2.36. The number of nitrogens with zero attached hydrogens (tertiary/aromatic N) is 3. The van der Waals surface area contributed by atoms with Gasteiger partial charge in [-0.3, -0.25) is 5.14 Å². The number of nitrogens with two attached hydrogens (primary N) is 1. The van der Waals surface area contributed by atoms with Crippen LogP contribution in [0.25, 0.3) is 0 Å². The van der Waals surface area contributed by atoms with Crippen LogP contribution < -0.4 is 15.2 Å². The second-order valence-corrected chi connectivity index (χ2v) is 6.45. The van der Waals surface area contributed by atoms with Crippen molar-refractivity contribution in [2.24, 2.45) is 16.2 Å². The summed E-state index contributed by atoms with van der Waals surface area (Å²) in [7, 11) is 0. The van der Waals surface area contributed by atoms with Gasteiger partial charge in [-0.1, -0.05) is 69.5 Å². The molecule has 0 fully saturated rings. The largest absolute Gasteiger partial charge is 0.411 e. The summed E-state index contributed by atoms with van der Waals surface area (Å²) >= 11 is 1.03. The maximum Gasteiger partial charge on any atom is 0.200 e. The maximum absolute atomic E-state index is 9.30. The van der Waals surface area contributed by atoms with Gasteiger partial charge in [0.1, 0.15) is 5.71 Å². The zero-order valence-electron chi connectivity index (χ0n) is 16.2. The van der Waals surface area contributed by atoms with E-state index in [0.29, 0.717) is 36.7 Å². The predicted molar refractivity (Wildman–Crippen MR) is 114 cm³/mol. The molecule has 8 nitrogen and oxygen atoms in total. The van der Waals surface area contributed by atoms with Crippen LogP contribution in [0, 0.1) is 5.92 Å². The Morgan fingerprint density at radius 1 is 1.30 bits per heavy atom. The monoisotopic (exact) mass is 394 g/mol. The summed E-state index contributed by atoms with van der Waals surface area (Å²) in [4.78, 5) is 0. The van der Waals surface area contributed by atoms with Crippen LogP contribution in [-0.4, -0.2) is 34.3 Å². The van der Waals surface area contributed by atoms with Crippen molar-refractivity contribution in [3.05, 3.63) is 54.8 Å². The van der Waals surface area contributed by atoms with Gasteiger partial charge in [0.15, 0.2) is 11.5 Å². The third kappa shape index (κ3) is 11.8. The van der Waals surface area contributed by atoms with Gasteiger partial charge in [-0.15, -0.1) is 0 Å². The molecule has 0 unspecified atom stereocenters. The minimum absolute atomic E-state index is 0.316. The van der Waals surface area contributed by atoms with Crippen LogP contribution in [0.4, 0.5) is 5.82 Å². The molecule has 1 aromatic rings. The first-order valence-corrected chi connectivity index (χ1v) is 9.35. The third-order valence-electron chi connectivity index (χ3n) is 2.64. The summed E-state index contributed by atoms with van der Waals surface area (Å²) in [6.45, 7) is 15.0. The highest BCUT2D eigenvalue weighted by molar-refractivity contribution is 7.95. The smallest absolute Gasteiger partial charge is 0.200 e. The average Bonchev–Trinajstić information content (AvgIpc) is 3.09. The van der Waals surface area contributed by atoms with Gasteiger partial charge in [0.05, 0.1) is 0 Å². The number of nitrogens with one attached hydrogen (secondary N) is 2. The average molecular weight is 395 g/mol. The molecule has 0 atom stereocenters. The summed E-state index contributed by atoms with van der Waals surface area (Å²) < 4.78 is 7.61. The number of oxime groups is 1. The zero-order chi connectivity index (χ0) is 20.5. The van der Waals surface area contributed by atoms with Gasteiger partial charge in [-0.05, 0) is 21.8 Å². The number of allylic oxidation sites excluding steroid dienone is 6. The maximum atomic E-state index is 9.30. The highest BCUT2D eigenvalue weighted by Gasteiger charge is 2.17. The molecule has 0 bridgehead atoms. The summed E-state index contributed by atoms with van der Waals surface area (Å²) in [6.07, 6.45) is 9.04.